The molecule has 1 aliphatic carbocycles. The van der Waals surface area contributed by atoms with E-state index in [0.29, 0.717) is 25.4 Å². The maximum absolute atomic E-state index is 12.0. The minimum absolute atomic E-state index is 0.0156. The topological polar surface area (TPSA) is 70.2 Å². The van der Waals surface area contributed by atoms with Crippen LogP contribution in [0.3, 0.4) is 0 Å². The summed E-state index contributed by atoms with van der Waals surface area (Å²) >= 11 is 0. The lowest BCUT2D eigenvalue weighted by Gasteiger charge is -2.22. The monoisotopic (exact) mass is 331 g/mol. The summed E-state index contributed by atoms with van der Waals surface area (Å²) in [5, 5.41) is 8.79. The number of aryl methyl sites for hydroxylation is 1. The van der Waals surface area contributed by atoms with Crippen molar-refractivity contribution in [1.82, 2.24) is 10.6 Å². The van der Waals surface area contributed by atoms with Crippen LogP contribution in [-0.4, -0.2) is 24.5 Å². The van der Waals surface area contributed by atoms with E-state index in [9.17, 15) is 9.59 Å². The molecule has 0 unspecified atom stereocenters. The van der Waals surface area contributed by atoms with E-state index in [1.807, 2.05) is 32.0 Å². The summed E-state index contributed by atoms with van der Waals surface area (Å²) in [6.07, 6.45) is 6.85. The lowest BCUT2D eigenvalue weighted by Crippen LogP contribution is -2.43. The van der Waals surface area contributed by atoms with Crippen molar-refractivity contribution >= 4 is 17.6 Å². The average Bonchev–Trinajstić information content (AvgIpc) is 2.57. The SMILES string of the molecule is Cc1cccc(NC(=O)CCCNC(=O)NC2CCCCC2)c1C. The predicted molar refractivity (Wildman–Crippen MR) is 97.2 cm³/mol. The molecule has 0 aromatic heterocycles. The molecule has 2 rings (SSSR count). The number of carbonyl (C=O) groups is 2. The molecule has 1 saturated carbocycles. The summed E-state index contributed by atoms with van der Waals surface area (Å²) in [6.45, 7) is 4.54. The van der Waals surface area contributed by atoms with Crippen LogP contribution in [0.2, 0.25) is 0 Å². The Bertz CT molecular complexity index is 566. The largest absolute Gasteiger partial charge is 0.338 e. The van der Waals surface area contributed by atoms with Gasteiger partial charge in [-0.1, -0.05) is 31.4 Å². The van der Waals surface area contributed by atoms with E-state index in [2.05, 4.69) is 16.0 Å². The molecule has 0 radical (unpaired) electrons. The molecule has 1 aliphatic rings. The molecule has 0 bridgehead atoms. The van der Waals surface area contributed by atoms with Crippen LogP contribution in [0.15, 0.2) is 18.2 Å². The first-order valence-electron chi connectivity index (χ1n) is 8.96. The third-order valence-corrected chi connectivity index (χ3v) is 4.69. The van der Waals surface area contributed by atoms with Gasteiger partial charge < -0.3 is 16.0 Å². The zero-order valence-corrected chi connectivity index (χ0v) is 14.8. The van der Waals surface area contributed by atoms with Gasteiger partial charge in [0.25, 0.3) is 0 Å². The van der Waals surface area contributed by atoms with Crippen molar-refractivity contribution < 1.29 is 9.59 Å². The second-order valence-electron chi connectivity index (χ2n) is 6.63. The fourth-order valence-electron chi connectivity index (χ4n) is 3.03. The number of nitrogens with one attached hydrogen (secondary N) is 3. The van der Waals surface area contributed by atoms with E-state index in [4.69, 9.17) is 0 Å². The lowest BCUT2D eigenvalue weighted by atomic mass is 9.96. The Kier molecular flexibility index (Phi) is 7.09. The fourth-order valence-corrected chi connectivity index (χ4v) is 3.03. The molecule has 1 aromatic rings. The molecule has 132 valence electrons. The van der Waals surface area contributed by atoms with Gasteiger partial charge in [-0.2, -0.15) is 0 Å². The highest BCUT2D eigenvalue weighted by atomic mass is 16.2. The highest BCUT2D eigenvalue weighted by Gasteiger charge is 2.15. The van der Waals surface area contributed by atoms with Crippen LogP contribution in [0.1, 0.15) is 56.1 Å². The van der Waals surface area contributed by atoms with Crippen LogP contribution in [0.5, 0.6) is 0 Å². The first-order chi connectivity index (χ1) is 11.6. The molecule has 1 aromatic carbocycles. The fraction of sp³-hybridized carbons (Fsp3) is 0.579. The number of rotatable bonds is 6. The number of benzene rings is 1. The number of urea groups is 1. The van der Waals surface area contributed by atoms with Gasteiger partial charge in [0.15, 0.2) is 0 Å². The van der Waals surface area contributed by atoms with E-state index >= 15 is 0 Å². The van der Waals surface area contributed by atoms with Gasteiger partial charge in [-0.15, -0.1) is 0 Å². The molecule has 0 heterocycles. The third kappa shape index (κ3) is 5.87. The number of hydrogen-bond donors (Lipinski definition) is 3. The maximum Gasteiger partial charge on any atom is 0.315 e. The zero-order chi connectivity index (χ0) is 17.4. The van der Waals surface area contributed by atoms with Gasteiger partial charge in [-0.25, -0.2) is 4.79 Å². The van der Waals surface area contributed by atoms with Crippen molar-refractivity contribution in [2.75, 3.05) is 11.9 Å². The molecule has 0 aliphatic heterocycles. The third-order valence-electron chi connectivity index (χ3n) is 4.69. The molecular formula is C19H29N3O2. The van der Waals surface area contributed by atoms with Gasteiger partial charge in [-0.05, 0) is 50.3 Å². The number of amides is 3. The van der Waals surface area contributed by atoms with Crippen LogP contribution in [-0.2, 0) is 4.79 Å². The summed E-state index contributed by atoms with van der Waals surface area (Å²) < 4.78 is 0. The summed E-state index contributed by atoms with van der Waals surface area (Å²) in [4.78, 5) is 23.8. The Balaban J connectivity index is 1.62. The van der Waals surface area contributed by atoms with E-state index in [0.717, 1.165) is 29.7 Å². The Morgan fingerprint density at radius 2 is 1.88 bits per heavy atom. The summed E-state index contributed by atoms with van der Waals surface area (Å²) in [6, 6.07) is 6.08. The van der Waals surface area contributed by atoms with E-state index < -0.39 is 0 Å². The second kappa shape index (κ2) is 9.30. The first-order valence-corrected chi connectivity index (χ1v) is 8.96. The Labute approximate surface area is 144 Å². The smallest absolute Gasteiger partial charge is 0.315 e. The van der Waals surface area contributed by atoms with E-state index in [-0.39, 0.29) is 11.9 Å². The Morgan fingerprint density at radius 3 is 2.62 bits per heavy atom. The van der Waals surface area contributed by atoms with Crippen LogP contribution in [0, 0.1) is 13.8 Å². The van der Waals surface area contributed by atoms with Crippen molar-refractivity contribution in [2.24, 2.45) is 0 Å². The van der Waals surface area contributed by atoms with Crippen molar-refractivity contribution in [3.63, 3.8) is 0 Å². The minimum Gasteiger partial charge on any atom is -0.338 e. The zero-order valence-electron chi connectivity index (χ0n) is 14.8. The highest BCUT2D eigenvalue weighted by Crippen LogP contribution is 2.18. The predicted octanol–water partition coefficient (Wildman–Crippen LogP) is 3.65. The van der Waals surface area contributed by atoms with Gasteiger partial charge >= 0.3 is 6.03 Å². The van der Waals surface area contributed by atoms with Gasteiger partial charge in [0.05, 0.1) is 0 Å². The molecule has 0 spiro atoms. The first kappa shape index (κ1) is 18.3. The summed E-state index contributed by atoms with van der Waals surface area (Å²) in [5.41, 5.74) is 3.12. The highest BCUT2D eigenvalue weighted by molar-refractivity contribution is 5.91. The summed E-state index contributed by atoms with van der Waals surface area (Å²) in [7, 11) is 0. The van der Waals surface area contributed by atoms with Gasteiger partial charge in [-0.3, -0.25) is 4.79 Å². The van der Waals surface area contributed by atoms with Gasteiger partial charge in [0.1, 0.15) is 0 Å². The number of anilines is 1. The van der Waals surface area contributed by atoms with Crippen LogP contribution < -0.4 is 16.0 Å². The molecule has 0 saturated heterocycles. The van der Waals surface area contributed by atoms with E-state index in [1.54, 1.807) is 0 Å². The number of carbonyl (C=O) groups excluding carboxylic acids is 2. The van der Waals surface area contributed by atoms with Crippen molar-refractivity contribution in [3.05, 3.63) is 29.3 Å². The average molecular weight is 331 g/mol. The quantitative estimate of drug-likeness (QED) is 0.696. The molecule has 3 amide bonds. The van der Waals surface area contributed by atoms with Crippen molar-refractivity contribution in [2.45, 2.75) is 64.8 Å². The maximum atomic E-state index is 12.0. The molecule has 24 heavy (non-hydrogen) atoms. The van der Waals surface area contributed by atoms with E-state index in [1.165, 1.54) is 19.3 Å². The van der Waals surface area contributed by atoms with Crippen molar-refractivity contribution in [3.8, 4) is 0 Å². The van der Waals surface area contributed by atoms with Crippen molar-refractivity contribution in [1.29, 1.82) is 0 Å². The van der Waals surface area contributed by atoms with Gasteiger partial charge in [0.2, 0.25) is 5.91 Å². The Hall–Kier alpha value is -2.04. The standard InChI is InChI=1S/C19H29N3O2/c1-14-8-6-11-17(15(14)2)22-18(23)12-7-13-20-19(24)21-16-9-4-3-5-10-16/h6,8,11,16H,3-5,7,9-10,12-13H2,1-2H3,(H,22,23)(H2,20,21,24). The normalized spacial score (nSPS) is 14.9. The molecule has 1 fully saturated rings. The molecule has 0 atom stereocenters. The molecule has 5 nitrogen and oxygen atoms in total. The minimum atomic E-state index is -0.114. The molecule has 5 heteroatoms. The molecule has 3 N–H and O–H groups in total. The summed E-state index contributed by atoms with van der Waals surface area (Å²) in [5.74, 6) is -0.0156. The van der Waals surface area contributed by atoms with Crippen LogP contribution in [0.25, 0.3) is 0 Å². The van der Waals surface area contributed by atoms with Crippen LogP contribution >= 0.6 is 0 Å². The van der Waals surface area contributed by atoms with Gasteiger partial charge in [0, 0.05) is 24.7 Å². The lowest BCUT2D eigenvalue weighted by molar-refractivity contribution is -0.116. The second-order valence-corrected chi connectivity index (χ2v) is 6.63. The molecular weight excluding hydrogens is 302 g/mol. The Morgan fingerprint density at radius 1 is 1.12 bits per heavy atom. The van der Waals surface area contributed by atoms with Crippen LogP contribution in [0.4, 0.5) is 10.5 Å². The number of hydrogen-bond acceptors (Lipinski definition) is 2.